The average molecular weight is 207 g/mol. The summed E-state index contributed by atoms with van der Waals surface area (Å²) in [5.74, 6) is 0. The average Bonchev–Trinajstić information content (AvgIpc) is 2.18. The third-order valence-electron chi connectivity index (χ3n) is 2.80. The minimum absolute atomic E-state index is 0.246. The molecule has 0 aliphatic rings. The number of hydrogen-bond donors (Lipinski definition) is 0. The largest absolute Gasteiger partial charge is 0.627 e. The maximum absolute atomic E-state index is 12.9. The van der Waals surface area contributed by atoms with Crippen molar-refractivity contribution in [1.82, 2.24) is 4.65 Å². The first-order chi connectivity index (χ1) is 6.92. The summed E-state index contributed by atoms with van der Waals surface area (Å²) < 4.78 is -0.246. The van der Waals surface area contributed by atoms with Crippen LogP contribution in [-0.4, -0.2) is 12.1 Å². The molecule has 2 heteroatoms. The molecule has 84 valence electrons. The summed E-state index contributed by atoms with van der Waals surface area (Å²) in [6.07, 6.45) is 0.898. The molecule has 1 rings (SSSR count). The Balaban J connectivity index is 3.13. The van der Waals surface area contributed by atoms with Crippen LogP contribution in [0.4, 0.5) is 5.69 Å². The number of nitrogens with zero attached hydrogens (tertiary/aromatic N) is 1. The molecule has 0 N–H and O–H groups in total. The van der Waals surface area contributed by atoms with E-state index in [1.54, 1.807) is 0 Å². The molecule has 1 aromatic rings. The van der Waals surface area contributed by atoms with E-state index < -0.39 is 0 Å². The van der Waals surface area contributed by atoms with E-state index in [0.717, 1.165) is 12.1 Å². The molecule has 0 fully saturated rings. The van der Waals surface area contributed by atoms with Gasteiger partial charge in [-0.15, -0.1) is 0 Å². The van der Waals surface area contributed by atoms with Gasteiger partial charge in [-0.25, -0.2) is 0 Å². The van der Waals surface area contributed by atoms with Gasteiger partial charge in [-0.05, 0) is 39.3 Å². The van der Waals surface area contributed by atoms with Gasteiger partial charge in [-0.2, -0.15) is 0 Å². The number of benzene rings is 1. The normalized spacial score (nSPS) is 16.1. The molecule has 0 aromatic heterocycles. The van der Waals surface area contributed by atoms with E-state index in [9.17, 15) is 5.21 Å². The van der Waals surface area contributed by atoms with Crippen molar-refractivity contribution in [1.29, 1.82) is 0 Å². The van der Waals surface area contributed by atoms with E-state index in [0.29, 0.717) is 6.54 Å². The SMILES string of the molecule is CCC[N+]([O-])(c1ccccc1)C(C)(C)C. The summed E-state index contributed by atoms with van der Waals surface area (Å²) in [5.41, 5.74) is 0.545. The zero-order valence-corrected chi connectivity index (χ0v) is 10.2. The second-order valence-corrected chi connectivity index (χ2v) is 4.97. The van der Waals surface area contributed by atoms with Gasteiger partial charge in [0.1, 0.15) is 5.69 Å². The topological polar surface area (TPSA) is 23.1 Å². The molecule has 15 heavy (non-hydrogen) atoms. The number of para-hydroxylation sites is 1. The molecule has 0 bridgehead atoms. The zero-order valence-electron chi connectivity index (χ0n) is 10.2. The van der Waals surface area contributed by atoms with Crippen LogP contribution >= 0.6 is 0 Å². The fraction of sp³-hybridized carbons (Fsp3) is 0.538. The zero-order chi connectivity index (χ0) is 11.5. The van der Waals surface area contributed by atoms with Crippen LogP contribution in [-0.2, 0) is 0 Å². The summed E-state index contributed by atoms with van der Waals surface area (Å²) in [6.45, 7) is 8.70. The Labute approximate surface area is 92.7 Å². The highest BCUT2D eigenvalue weighted by molar-refractivity contribution is 5.45. The van der Waals surface area contributed by atoms with Crippen LogP contribution in [0.3, 0.4) is 0 Å². The maximum Gasteiger partial charge on any atom is 0.133 e. The second-order valence-electron chi connectivity index (χ2n) is 4.97. The summed E-state index contributed by atoms with van der Waals surface area (Å²) in [6, 6.07) is 9.66. The summed E-state index contributed by atoms with van der Waals surface area (Å²) >= 11 is 0. The first kappa shape index (κ1) is 12.2. The Kier molecular flexibility index (Phi) is 3.53. The lowest BCUT2D eigenvalue weighted by Gasteiger charge is -2.52. The van der Waals surface area contributed by atoms with Crippen molar-refractivity contribution in [3.8, 4) is 0 Å². The molecular formula is C13H21NO. The fourth-order valence-corrected chi connectivity index (χ4v) is 1.84. The Morgan fingerprint density at radius 1 is 1.13 bits per heavy atom. The van der Waals surface area contributed by atoms with Crippen LogP contribution in [0.1, 0.15) is 34.1 Å². The minimum atomic E-state index is -0.308. The van der Waals surface area contributed by atoms with Crippen LogP contribution in [0.5, 0.6) is 0 Å². The van der Waals surface area contributed by atoms with Crippen LogP contribution in [0.25, 0.3) is 0 Å². The Bertz CT molecular complexity index is 302. The van der Waals surface area contributed by atoms with Crippen molar-refractivity contribution in [2.24, 2.45) is 0 Å². The maximum atomic E-state index is 12.9. The van der Waals surface area contributed by atoms with Gasteiger partial charge in [-0.3, -0.25) is 0 Å². The predicted octanol–water partition coefficient (Wildman–Crippen LogP) is 3.70. The van der Waals surface area contributed by atoms with E-state index in [4.69, 9.17) is 0 Å². The molecule has 2 nitrogen and oxygen atoms in total. The number of hydroxylamine groups is 2. The molecule has 0 aliphatic carbocycles. The standard InChI is InChI=1S/C13H21NO/c1-5-11-14(15,13(2,3)4)12-9-7-6-8-10-12/h6-10H,5,11H2,1-4H3. The van der Waals surface area contributed by atoms with Gasteiger partial charge in [-0.1, -0.05) is 25.1 Å². The van der Waals surface area contributed by atoms with E-state index in [2.05, 4.69) is 6.92 Å². The third kappa shape index (κ3) is 2.39. The molecule has 1 atom stereocenters. The molecule has 0 aliphatic heterocycles. The molecule has 1 unspecified atom stereocenters. The Morgan fingerprint density at radius 3 is 2.07 bits per heavy atom. The van der Waals surface area contributed by atoms with E-state index in [1.807, 2.05) is 51.1 Å². The van der Waals surface area contributed by atoms with Crippen molar-refractivity contribution < 1.29 is 0 Å². The van der Waals surface area contributed by atoms with Crippen LogP contribution < -0.4 is 4.65 Å². The predicted molar refractivity (Wildman–Crippen MR) is 66.5 cm³/mol. The molecule has 0 spiro atoms. The quantitative estimate of drug-likeness (QED) is 0.547. The van der Waals surface area contributed by atoms with Crippen LogP contribution in [0.15, 0.2) is 30.3 Å². The van der Waals surface area contributed by atoms with E-state index in [1.165, 1.54) is 0 Å². The minimum Gasteiger partial charge on any atom is -0.627 e. The lowest BCUT2D eigenvalue weighted by Crippen LogP contribution is -2.57. The van der Waals surface area contributed by atoms with E-state index in [-0.39, 0.29) is 10.2 Å². The second kappa shape index (κ2) is 4.33. The molecule has 0 amide bonds. The first-order valence-electron chi connectivity index (χ1n) is 5.56. The van der Waals surface area contributed by atoms with Crippen molar-refractivity contribution in [2.75, 3.05) is 6.54 Å². The third-order valence-corrected chi connectivity index (χ3v) is 2.80. The summed E-state index contributed by atoms with van der Waals surface area (Å²) in [7, 11) is 0. The van der Waals surface area contributed by atoms with Crippen molar-refractivity contribution in [3.63, 3.8) is 0 Å². The van der Waals surface area contributed by atoms with Crippen LogP contribution in [0.2, 0.25) is 0 Å². The number of quaternary nitrogens is 1. The molecule has 0 heterocycles. The van der Waals surface area contributed by atoms with Gasteiger partial charge < -0.3 is 9.85 Å². The van der Waals surface area contributed by atoms with Gasteiger partial charge in [0, 0.05) is 0 Å². The van der Waals surface area contributed by atoms with Crippen LogP contribution in [0, 0.1) is 5.21 Å². The fourth-order valence-electron chi connectivity index (χ4n) is 1.84. The molecular weight excluding hydrogens is 186 g/mol. The molecule has 0 saturated carbocycles. The van der Waals surface area contributed by atoms with Gasteiger partial charge in [0.05, 0.1) is 12.1 Å². The highest BCUT2D eigenvalue weighted by Crippen LogP contribution is 2.31. The first-order valence-corrected chi connectivity index (χ1v) is 5.56. The Morgan fingerprint density at radius 2 is 1.67 bits per heavy atom. The Hall–Kier alpha value is -0.860. The van der Waals surface area contributed by atoms with E-state index >= 15 is 0 Å². The number of rotatable bonds is 3. The lowest BCUT2D eigenvalue weighted by molar-refractivity contribution is 0.207. The highest BCUT2D eigenvalue weighted by atomic mass is 16.6. The van der Waals surface area contributed by atoms with Crippen molar-refractivity contribution >= 4 is 5.69 Å². The van der Waals surface area contributed by atoms with Gasteiger partial charge in [0.2, 0.25) is 0 Å². The summed E-state index contributed by atoms with van der Waals surface area (Å²) in [5, 5.41) is 12.9. The number of hydrogen-bond acceptors (Lipinski definition) is 1. The van der Waals surface area contributed by atoms with Crippen molar-refractivity contribution in [2.45, 2.75) is 39.7 Å². The van der Waals surface area contributed by atoms with Gasteiger partial charge in [0.15, 0.2) is 0 Å². The monoisotopic (exact) mass is 207 g/mol. The van der Waals surface area contributed by atoms with Crippen molar-refractivity contribution in [3.05, 3.63) is 35.5 Å². The molecule has 0 radical (unpaired) electrons. The molecule has 1 aromatic carbocycles. The highest BCUT2D eigenvalue weighted by Gasteiger charge is 2.33. The van der Waals surface area contributed by atoms with Gasteiger partial charge >= 0.3 is 0 Å². The molecule has 0 saturated heterocycles. The van der Waals surface area contributed by atoms with Gasteiger partial charge in [0.25, 0.3) is 0 Å². The summed E-state index contributed by atoms with van der Waals surface area (Å²) in [4.78, 5) is 0. The lowest BCUT2D eigenvalue weighted by atomic mass is 10.0. The smallest absolute Gasteiger partial charge is 0.133 e.